The summed E-state index contributed by atoms with van der Waals surface area (Å²) in [5.74, 6) is 0. The van der Waals surface area contributed by atoms with Gasteiger partial charge in [0.15, 0.2) is 0 Å². The van der Waals surface area contributed by atoms with Crippen LogP contribution in [0.25, 0.3) is 10.9 Å². The molecule has 0 unspecified atom stereocenters. The highest BCUT2D eigenvalue weighted by Crippen LogP contribution is 2.24. The van der Waals surface area contributed by atoms with Crippen molar-refractivity contribution in [3.63, 3.8) is 0 Å². The fourth-order valence-electron chi connectivity index (χ4n) is 3.89. The largest absolute Gasteiger partial charge is 0.347 e. The van der Waals surface area contributed by atoms with Crippen LogP contribution in [0.3, 0.4) is 0 Å². The van der Waals surface area contributed by atoms with Crippen LogP contribution in [0.5, 0.6) is 0 Å². The summed E-state index contributed by atoms with van der Waals surface area (Å²) in [6.45, 7) is 6.27. The predicted molar refractivity (Wildman–Crippen MR) is 123 cm³/mol. The Kier molecular flexibility index (Phi) is 6.02. The van der Waals surface area contributed by atoms with E-state index in [9.17, 15) is 13.2 Å². The first-order valence-corrected chi connectivity index (χ1v) is 12.0. The van der Waals surface area contributed by atoms with Crippen molar-refractivity contribution < 1.29 is 13.2 Å². The summed E-state index contributed by atoms with van der Waals surface area (Å²) in [6.07, 6.45) is 3.02. The van der Waals surface area contributed by atoms with Crippen molar-refractivity contribution >= 4 is 32.6 Å². The number of sulfonamides is 1. The normalized spacial score (nSPS) is 15.4. The lowest BCUT2D eigenvalue weighted by atomic mass is 10.2. The van der Waals surface area contributed by atoms with Crippen LogP contribution in [0.15, 0.2) is 59.6 Å². The summed E-state index contributed by atoms with van der Waals surface area (Å²) in [7, 11) is -3.60. The van der Waals surface area contributed by atoms with Crippen molar-refractivity contribution in [1.29, 1.82) is 0 Å². The molecule has 31 heavy (non-hydrogen) atoms. The van der Waals surface area contributed by atoms with Crippen LogP contribution in [-0.2, 0) is 16.6 Å². The molecule has 7 nitrogen and oxygen atoms in total. The van der Waals surface area contributed by atoms with E-state index in [0.29, 0.717) is 18.0 Å². The first-order chi connectivity index (χ1) is 14.9. The lowest BCUT2D eigenvalue weighted by molar-refractivity contribution is 0.184. The second kappa shape index (κ2) is 8.72. The number of rotatable bonds is 5. The van der Waals surface area contributed by atoms with Gasteiger partial charge in [-0.2, -0.15) is 4.31 Å². The minimum absolute atomic E-state index is 0.209. The summed E-state index contributed by atoms with van der Waals surface area (Å²) in [5.41, 5.74) is 2.89. The van der Waals surface area contributed by atoms with Gasteiger partial charge in [0.25, 0.3) is 0 Å². The van der Waals surface area contributed by atoms with Gasteiger partial charge in [-0.25, -0.2) is 13.2 Å². The number of hydrogen-bond acceptors (Lipinski definition) is 3. The van der Waals surface area contributed by atoms with Gasteiger partial charge in [-0.05, 0) is 49.7 Å². The number of hydrogen-bond donors (Lipinski definition) is 1. The standard InChI is InChI=1S/C23H28N4O3S/c1-3-11-25-12-10-19-17-21(8-9-22(19)25)31(29,30)27-15-13-26(14-16-27)23(28)24-20-6-4-18(2)5-7-20/h4-10,12,17H,3,11,13-16H2,1-2H3,(H,24,28). The molecular formula is C23H28N4O3S. The number of benzene rings is 2. The van der Waals surface area contributed by atoms with Gasteiger partial charge >= 0.3 is 6.03 Å². The van der Waals surface area contributed by atoms with Crippen LogP contribution in [0.4, 0.5) is 10.5 Å². The van der Waals surface area contributed by atoms with Crippen molar-refractivity contribution in [1.82, 2.24) is 13.8 Å². The van der Waals surface area contributed by atoms with E-state index in [1.165, 1.54) is 4.31 Å². The zero-order chi connectivity index (χ0) is 22.0. The molecule has 2 heterocycles. The van der Waals surface area contributed by atoms with Gasteiger partial charge in [0, 0.05) is 55.5 Å². The molecule has 8 heteroatoms. The number of carbonyl (C=O) groups is 1. The Morgan fingerprint density at radius 3 is 2.39 bits per heavy atom. The quantitative estimate of drug-likeness (QED) is 0.654. The Bertz CT molecular complexity index is 1180. The lowest BCUT2D eigenvalue weighted by Gasteiger charge is -2.34. The number of nitrogens with one attached hydrogen (secondary N) is 1. The van der Waals surface area contributed by atoms with Gasteiger partial charge in [0.2, 0.25) is 10.0 Å². The molecule has 1 fully saturated rings. The molecule has 4 rings (SSSR count). The maximum atomic E-state index is 13.2. The molecule has 0 bridgehead atoms. The first-order valence-electron chi connectivity index (χ1n) is 10.6. The van der Waals surface area contributed by atoms with E-state index in [0.717, 1.165) is 35.1 Å². The van der Waals surface area contributed by atoms with Gasteiger partial charge in [-0.3, -0.25) is 0 Å². The number of amides is 2. The van der Waals surface area contributed by atoms with Crippen molar-refractivity contribution in [3.05, 3.63) is 60.3 Å². The number of aryl methyl sites for hydroxylation is 2. The monoisotopic (exact) mass is 440 g/mol. The van der Waals surface area contributed by atoms with E-state index in [1.807, 2.05) is 49.5 Å². The Morgan fingerprint density at radius 1 is 1.00 bits per heavy atom. The fourth-order valence-corrected chi connectivity index (χ4v) is 5.35. The Hall–Kier alpha value is -2.84. The third-order valence-electron chi connectivity index (χ3n) is 5.67. The number of carbonyl (C=O) groups excluding carboxylic acids is 1. The summed E-state index contributed by atoms with van der Waals surface area (Å²) in [4.78, 5) is 14.5. The Labute approximate surface area is 183 Å². The molecule has 0 atom stereocenters. The maximum Gasteiger partial charge on any atom is 0.321 e. The third kappa shape index (κ3) is 4.45. The van der Waals surface area contributed by atoms with E-state index in [1.54, 1.807) is 17.0 Å². The number of fused-ring (bicyclic) bond motifs is 1. The molecule has 164 valence electrons. The van der Waals surface area contributed by atoms with Gasteiger partial charge in [-0.1, -0.05) is 24.6 Å². The molecule has 1 aromatic heterocycles. The number of anilines is 1. The van der Waals surface area contributed by atoms with Crippen molar-refractivity contribution in [2.75, 3.05) is 31.5 Å². The maximum absolute atomic E-state index is 13.2. The van der Waals surface area contributed by atoms with E-state index >= 15 is 0 Å². The molecule has 0 radical (unpaired) electrons. The van der Waals surface area contributed by atoms with Gasteiger partial charge in [-0.15, -0.1) is 0 Å². The molecule has 0 spiro atoms. The van der Waals surface area contributed by atoms with Crippen LogP contribution in [0, 0.1) is 6.92 Å². The Morgan fingerprint density at radius 2 is 1.71 bits per heavy atom. The van der Waals surface area contributed by atoms with Crippen molar-refractivity contribution in [2.45, 2.75) is 31.7 Å². The highest BCUT2D eigenvalue weighted by molar-refractivity contribution is 7.89. The van der Waals surface area contributed by atoms with E-state index in [-0.39, 0.29) is 19.1 Å². The second-order valence-corrected chi connectivity index (χ2v) is 9.86. The summed E-state index contributed by atoms with van der Waals surface area (Å²) in [5, 5.41) is 3.80. The summed E-state index contributed by atoms with van der Waals surface area (Å²) >= 11 is 0. The first kappa shape index (κ1) is 21.4. The summed E-state index contributed by atoms with van der Waals surface area (Å²) in [6, 6.07) is 14.6. The number of urea groups is 1. The highest BCUT2D eigenvalue weighted by Gasteiger charge is 2.30. The minimum atomic E-state index is -3.60. The topological polar surface area (TPSA) is 74.7 Å². The third-order valence-corrected chi connectivity index (χ3v) is 7.57. The second-order valence-electron chi connectivity index (χ2n) is 7.92. The molecule has 2 amide bonds. The average molecular weight is 441 g/mol. The summed E-state index contributed by atoms with van der Waals surface area (Å²) < 4.78 is 29.9. The molecular weight excluding hydrogens is 412 g/mol. The molecule has 0 saturated carbocycles. The lowest BCUT2D eigenvalue weighted by Crippen LogP contribution is -2.51. The van der Waals surface area contributed by atoms with Crippen LogP contribution >= 0.6 is 0 Å². The van der Waals surface area contributed by atoms with Gasteiger partial charge in [0.05, 0.1) is 4.90 Å². The molecule has 3 aromatic rings. The van der Waals surface area contributed by atoms with Gasteiger partial charge < -0.3 is 14.8 Å². The zero-order valence-electron chi connectivity index (χ0n) is 17.9. The van der Waals surface area contributed by atoms with E-state index in [2.05, 4.69) is 16.8 Å². The van der Waals surface area contributed by atoms with Crippen LogP contribution in [0.1, 0.15) is 18.9 Å². The predicted octanol–water partition coefficient (Wildman–Crippen LogP) is 3.90. The fraction of sp³-hybridized carbons (Fsp3) is 0.348. The Balaban J connectivity index is 1.42. The minimum Gasteiger partial charge on any atom is -0.347 e. The number of piperazine rings is 1. The molecule has 1 aliphatic rings. The van der Waals surface area contributed by atoms with Crippen molar-refractivity contribution in [3.8, 4) is 0 Å². The molecule has 2 aromatic carbocycles. The van der Waals surface area contributed by atoms with Crippen molar-refractivity contribution in [2.24, 2.45) is 0 Å². The zero-order valence-corrected chi connectivity index (χ0v) is 18.7. The van der Waals surface area contributed by atoms with E-state index in [4.69, 9.17) is 0 Å². The molecule has 0 aliphatic carbocycles. The number of aromatic nitrogens is 1. The van der Waals surface area contributed by atoms with Crippen LogP contribution < -0.4 is 5.32 Å². The number of nitrogens with zero attached hydrogens (tertiary/aromatic N) is 3. The molecule has 1 saturated heterocycles. The molecule has 1 N–H and O–H groups in total. The van der Waals surface area contributed by atoms with Crippen LogP contribution in [0.2, 0.25) is 0 Å². The highest BCUT2D eigenvalue weighted by atomic mass is 32.2. The molecule has 1 aliphatic heterocycles. The SMILES string of the molecule is CCCn1ccc2cc(S(=O)(=O)N3CCN(C(=O)Nc4ccc(C)cc4)CC3)ccc21. The van der Waals surface area contributed by atoms with E-state index < -0.39 is 10.0 Å². The van der Waals surface area contributed by atoms with Gasteiger partial charge in [0.1, 0.15) is 0 Å². The van der Waals surface area contributed by atoms with Crippen LogP contribution in [-0.4, -0.2) is 54.4 Å². The smallest absolute Gasteiger partial charge is 0.321 e. The average Bonchev–Trinajstić information content (AvgIpc) is 3.18.